The van der Waals surface area contributed by atoms with Crippen LogP contribution in [0.15, 0.2) is 30.3 Å². The van der Waals surface area contributed by atoms with E-state index < -0.39 is 11.9 Å². The van der Waals surface area contributed by atoms with Gasteiger partial charge >= 0.3 is 5.97 Å². The number of hydrogen-bond donors (Lipinski definition) is 2. The first-order valence-corrected chi connectivity index (χ1v) is 8.13. The number of carbonyl (C=O) groups is 3. The molecule has 1 heterocycles. The van der Waals surface area contributed by atoms with Gasteiger partial charge in [0.1, 0.15) is 0 Å². The fourth-order valence-electron chi connectivity index (χ4n) is 2.68. The molecule has 2 amide bonds. The molecule has 6 nitrogen and oxygen atoms in total. The molecule has 2 aliphatic rings. The lowest BCUT2D eigenvalue weighted by Crippen LogP contribution is -2.28. The average Bonchev–Trinajstić information content (AvgIpc) is 3.24. The zero-order valence-electron chi connectivity index (χ0n) is 13.7. The highest BCUT2D eigenvalue weighted by Gasteiger charge is 2.29. The minimum Gasteiger partial charge on any atom is -0.481 e. The molecule has 0 aromatic heterocycles. The first-order chi connectivity index (χ1) is 11.5. The summed E-state index contributed by atoms with van der Waals surface area (Å²) in [6.45, 7) is 0.735. The van der Waals surface area contributed by atoms with Gasteiger partial charge in [-0.25, -0.2) is 0 Å². The SMILES string of the molecule is Cl.O=C(NC1CC1)c1ccc(/C=C/C(=O)N2CCC(C(=O)O)C2)cc1. The van der Waals surface area contributed by atoms with E-state index in [1.54, 1.807) is 35.2 Å². The van der Waals surface area contributed by atoms with Crippen LogP contribution in [0.3, 0.4) is 0 Å². The molecule has 1 saturated heterocycles. The molecule has 7 heteroatoms. The summed E-state index contributed by atoms with van der Waals surface area (Å²) in [5.41, 5.74) is 1.43. The van der Waals surface area contributed by atoms with E-state index in [0.29, 0.717) is 24.6 Å². The van der Waals surface area contributed by atoms with Crippen LogP contribution < -0.4 is 5.32 Å². The number of nitrogens with zero attached hydrogens (tertiary/aromatic N) is 1. The molecule has 1 aliphatic carbocycles. The first-order valence-electron chi connectivity index (χ1n) is 8.13. The van der Waals surface area contributed by atoms with Gasteiger partial charge < -0.3 is 15.3 Å². The number of hydrogen-bond acceptors (Lipinski definition) is 3. The second-order valence-corrected chi connectivity index (χ2v) is 6.31. The molecule has 2 fully saturated rings. The summed E-state index contributed by atoms with van der Waals surface area (Å²) < 4.78 is 0. The number of nitrogens with one attached hydrogen (secondary N) is 1. The van der Waals surface area contributed by atoms with Gasteiger partial charge in [-0.2, -0.15) is 0 Å². The maximum atomic E-state index is 12.1. The maximum absolute atomic E-state index is 12.1. The smallest absolute Gasteiger partial charge is 0.308 e. The zero-order valence-corrected chi connectivity index (χ0v) is 14.5. The van der Waals surface area contributed by atoms with E-state index in [4.69, 9.17) is 5.11 Å². The molecule has 2 N–H and O–H groups in total. The third-order valence-electron chi connectivity index (χ3n) is 4.35. The van der Waals surface area contributed by atoms with Crippen LogP contribution in [0.5, 0.6) is 0 Å². The van der Waals surface area contributed by atoms with Gasteiger partial charge in [0.25, 0.3) is 5.91 Å². The minimum absolute atomic E-state index is 0. The number of rotatable bonds is 5. The second-order valence-electron chi connectivity index (χ2n) is 6.31. The van der Waals surface area contributed by atoms with Crippen LogP contribution in [0.1, 0.15) is 35.2 Å². The monoisotopic (exact) mass is 364 g/mol. The molecule has 134 valence electrons. The number of amides is 2. The molecule has 3 rings (SSSR count). The zero-order chi connectivity index (χ0) is 17.1. The van der Waals surface area contributed by atoms with Gasteiger partial charge in [0, 0.05) is 30.8 Å². The van der Waals surface area contributed by atoms with E-state index in [0.717, 1.165) is 18.4 Å². The Morgan fingerprint density at radius 2 is 1.80 bits per heavy atom. The Balaban J connectivity index is 0.00000225. The molecule has 0 bridgehead atoms. The van der Waals surface area contributed by atoms with E-state index in [1.165, 1.54) is 6.08 Å². The van der Waals surface area contributed by atoms with Crippen molar-refractivity contribution < 1.29 is 19.5 Å². The standard InChI is InChI=1S/C18H20N2O4.ClH/c21-16(20-10-9-14(11-20)18(23)24)8-3-12-1-4-13(5-2-12)17(22)19-15-6-7-15;/h1-5,8,14-15H,6-7,9-11H2,(H,19,22)(H,23,24);1H/b8-3+;. The van der Waals surface area contributed by atoms with Gasteiger partial charge in [-0.05, 0) is 43.0 Å². The highest BCUT2D eigenvalue weighted by Crippen LogP contribution is 2.20. The van der Waals surface area contributed by atoms with Crippen molar-refractivity contribution in [3.63, 3.8) is 0 Å². The molecule has 1 aromatic carbocycles. The van der Waals surface area contributed by atoms with Gasteiger partial charge in [0.2, 0.25) is 5.91 Å². The largest absolute Gasteiger partial charge is 0.481 e. The topological polar surface area (TPSA) is 86.7 Å². The molecule has 1 saturated carbocycles. The summed E-state index contributed by atoms with van der Waals surface area (Å²) in [4.78, 5) is 36.4. The number of carboxylic acid groups (broad SMARTS) is 1. The van der Waals surface area contributed by atoms with Gasteiger partial charge in [-0.3, -0.25) is 14.4 Å². The number of carbonyl (C=O) groups excluding carboxylic acids is 2. The summed E-state index contributed by atoms with van der Waals surface area (Å²) in [5, 5.41) is 11.9. The summed E-state index contributed by atoms with van der Waals surface area (Å²) in [7, 11) is 0. The van der Waals surface area contributed by atoms with Crippen LogP contribution in [0.2, 0.25) is 0 Å². The molecular formula is C18H21ClN2O4. The molecule has 0 radical (unpaired) electrons. The summed E-state index contributed by atoms with van der Waals surface area (Å²) in [6, 6.07) is 7.37. The lowest BCUT2D eigenvalue weighted by atomic mass is 10.1. The van der Waals surface area contributed by atoms with Crippen LogP contribution in [-0.4, -0.2) is 46.9 Å². The number of halogens is 1. The molecule has 0 spiro atoms. The van der Waals surface area contributed by atoms with Crippen LogP contribution in [0, 0.1) is 5.92 Å². The Bertz CT molecular complexity index is 683. The lowest BCUT2D eigenvalue weighted by molar-refractivity contribution is -0.141. The summed E-state index contributed by atoms with van der Waals surface area (Å²) >= 11 is 0. The van der Waals surface area contributed by atoms with Crippen molar-refractivity contribution in [2.45, 2.75) is 25.3 Å². The normalized spacial score (nSPS) is 19.5. The maximum Gasteiger partial charge on any atom is 0.308 e. The van der Waals surface area contributed by atoms with Crippen LogP contribution in [-0.2, 0) is 9.59 Å². The van der Waals surface area contributed by atoms with E-state index in [-0.39, 0.29) is 30.8 Å². The molecule has 25 heavy (non-hydrogen) atoms. The second kappa shape index (κ2) is 8.16. The van der Waals surface area contributed by atoms with E-state index in [2.05, 4.69) is 5.32 Å². The minimum atomic E-state index is -0.852. The number of likely N-dealkylation sites (tertiary alicyclic amines) is 1. The molecule has 1 aromatic rings. The van der Waals surface area contributed by atoms with Crippen molar-refractivity contribution in [1.82, 2.24) is 10.2 Å². The predicted octanol–water partition coefficient (Wildman–Crippen LogP) is 1.95. The van der Waals surface area contributed by atoms with Crippen molar-refractivity contribution in [3.8, 4) is 0 Å². The fraction of sp³-hybridized carbons (Fsp3) is 0.389. The van der Waals surface area contributed by atoms with Crippen LogP contribution in [0.25, 0.3) is 6.08 Å². The molecular weight excluding hydrogens is 344 g/mol. The van der Waals surface area contributed by atoms with Crippen molar-refractivity contribution in [2.75, 3.05) is 13.1 Å². The Labute approximate surface area is 152 Å². The molecule has 1 unspecified atom stereocenters. The quantitative estimate of drug-likeness (QED) is 0.782. The highest BCUT2D eigenvalue weighted by molar-refractivity contribution is 5.95. The van der Waals surface area contributed by atoms with Crippen LogP contribution in [0.4, 0.5) is 0 Å². The van der Waals surface area contributed by atoms with Crippen molar-refractivity contribution in [3.05, 3.63) is 41.5 Å². The number of benzene rings is 1. The number of carboxylic acids is 1. The van der Waals surface area contributed by atoms with Gasteiger partial charge in [0.15, 0.2) is 0 Å². The molecule has 1 aliphatic heterocycles. The Hall–Kier alpha value is -2.34. The predicted molar refractivity (Wildman–Crippen MR) is 95.5 cm³/mol. The van der Waals surface area contributed by atoms with Crippen molar-refractivity contribution in [1.29, 1.82) is 0 Å². The van der Waals surface area contributed by atoms with E-state index in [9.17, 15) is 14.4 Å². The third-order valence-corrected chi connectivity index (χ3v) is 4.35. The average molecular weight is 365 g/mol. The lowest BCUT2D eigenvalue weighted by Gasteiger charge is -2.12. The van der Waals surface area contributed by atoms with Crippen molar-refractivity contribution >= 4 is 36.3 Å². The Morgan fingerprint density at radius 3 is 2.36 bits per heavy atom. The number of aliphatic carboxylic acids is 1. The Kier molecular flexibility index (Phi) is 6.20. The fourth-order valence-corrected chi connectivity index (χ4v) is 2.68. The van der Waals surface area contributed by atoms with Crippen LogP contribution >= 0.6 is 12.4 Å². The van der Waals surface area contributed by atoms with Crippen molar-refractivity contribution in [2.24, 2.45) is 5.92 Å². The highest BCUT2D eigenvalue weighted by atomic mass is 35.5. The van der Waals surface area contributed by atoms with Gasteiger partial charge in [-0.15, -0.1) is 12.4 Å². The van der Waals surface area contributed by atoms with E-state index >= 15 is 0 Å². The third kappa shape index (κ3) is 5.06. The molecule has 1 atom stereocenters. The summed E-state index contributed by atoms with van der Waals surface area (Å²) in [5.74, 6) is -1.57. The summed E-state index contributed by atoms with van der Waals surface area (Å²) in [6.07, 6.45) is 5.73. The Morgan fingerprint density at radius 1 is 1.12 bits per heavy atom. The van der Waals surface area contributed by atoms with Gasteiger partial charge in [-0.1, -0.05) is 12.1 Å². The first kappa shape index (κ1) is 19.0. The van der Waals surface area contributed by atoms with E-state index in [1.807, 2.05) is 0 Å². The van der Waals surface area contributed by atoms with Gasteiger partial charge in [0.05, 0.1) is 5.92 Å².